The molecule has 0 unspecified atom stereocenters. The molecule has 0 aliphatic carbocycles. The van der Waals surface area contributed by atoms with E-state index in [1.54, 1.807) is 14.2 Å². The van der Waals surface area contributed by atoms with E-state index in [4.69, 9.17) is 9.47 Å². The zero-order valence-electron chi connectivity index (χ0n) is 17.2. The van der Waals surface area contributed by atoms with Crippen LogP contribution >= 0.6 is 0 Å². The van der Waals surface area contributed by atoms with Gasteiger partial charge in [-0.3, -0.25) is 4.98 Å². The molecular formula is C24H27NO3. The van der Waals surface area contributed by atoms with E-state index in [2.05, 4.69) is 29.2 Å². The number of nitrogens with zero attached hydrogens (tertiary/aromatic N) is 1. The number of aromatic nitrogens is 1. The van der Waals surface area contributed by atoms with E-state index in [1.807, 2.05) is 39.1 Å². The Morgan fingerprint density at radius 2 is 1.36 bits per heavy atom. The molecule has 0 aliphatic rings. The minimum absolute atomic E-state index is 0.0773. The van der Waals surface area contributed by atoms with Crippen LogP contribution in [0.1, 0.15) is 22.4 Å². The number of hydrogen-bond acceptors (Lipinski definition) is 4. The van der Waals surface area contributed by atoms with Crippen LogP contribution in [0.15, 0.2) is 42.6 Å². The van der Waals surface area contributed by atoms with E-state index in [0.717, 1.165) is 56.1 Å². The van der Waals surface area contributed by atoms with Crippen molar-refractivity contribution in [3.8, 4) is 33.8 Å². The van der Waals surface area contributed by atoms with E-state index in [9.17, 15) is 5.11 Å². The van der Waals surface area contributed by atoms with Crippen molar-refractivity contribution in [1.82, 2.24) is 4.98 Å². The Hall–Kier alpha value is -2.85. The number of aliphatic hydroxyl groups is 1. The first kappa shape index (κ1) is 19.9. The molecule has 146 valence electrons. The Labute approximate surface area is 166 Å². The van der Waals surface area contributed by atoms with Crippen LogP contribution in [0.25, 0.3) is 22.3 Å². The van der Waals surface area contributed by atoms with Crippen molar-refractivity contribution < 1.29 is 14.6 Å². The first-order valence-corrected chi connectivity index (χ1v) is 9.39. The minimum Gasteiger partial charge on any atom is -0.496 e. The molecule has 2 aromatic carbocycles. The number of benzene rings is 2. The van der Waals surface area contributed by atoms with Gasteiger partial charge in [-0.15, -0.1) is 0 Å². The van der Waals surface area contributed by atoms with E-state index < -0.39 is 0 Å². The number of methoxy groups -OCH3 is 2. The highest BCUT2D eigenvalue weighted by Gasteiger charge is 2.18. The molecule has 1 aromatic heterocycles. The Morgan fingerprint density at radius 3 is 1.82 bits per heavy atom. The van der Waals surface area contributed by atoms with Crippen LogP contribution in [0, 0.1) is 20.8 Å². The predicted octanol–water partition coefficient (Wildman–Crippen LogP) is 4.89. The third kappa shape index (κ3) is 3.73. The monoisotopic (exact) mass is 377 g/mol. The average Bonchev–Trinajstić information content (AvgIpc) is 2.69. The summed E-state index contributed by atoms with van der Waals surface area (Å²) in [5.74, 6) is 1.72. The van der Waals surface area contributed by atoms with Crippen LogP contribution in [0.4, 0.5) is 0 Å². The molecule has 0 saturated carbocycles. The van der Waals surface area contributed by atoms with Crippen LogP contribution in [-0.2, 0) is 6.42 Å². The summed E-state index contributed by atoms with van der Waals surface area (Å²) in [6.45, 7) is 6.19. The molecule has 0 saturated heterocycles. The third-order valence-electron chi connectivity index (χ3n) is 5.10. The van der Waals surface area contributed by atoms with Gasteiger partial charge >= 0.3 is 0 Å². The molecule has 0 spiro atoms. The molecule has 4 heteroatoms. The Morgan fingerprint density at radius 1 is 0.821 bits per heavy atom. The maximum atomic E-state index is 9.61. The van der Waals surface area contributed by atoms with Crippen LogP contribution in [0.3, 0.4) is 0 Å². The largest absolute Gasteiger partial charge is 0.496 e. The smallest absolute Gasteiger partial charge is 0.121 e. The highest BCUT2D eigenvalue weighted by molar-refractivity contribution is 5.87. The first-order valence-electron chi connectivity index (χ1n) is 9.39. The van der Waals surface area contributed by atoms with Gasteiger partial charge in [0.25, 0.3) is 0 Å². The van der Waals surface area contributed by atoms with Crippen LogP contribution in [0.2, 0.25) is 0 Å². The molecule has 0 bridgehead atoms. The highest BCUT2D eigenvalue weighted by Crippen LogP contribution is 2.39. The normalized spacial score (nSPS) is 10.8. The lowest BCUT2D eigenvalue weighted by Gasteiger charge is -2.19. The molecule has 4 nitrogen and oxygen atoms in total. The first-order chi connectivity index (χ1) is 13.5. The maximum absolute atomic E-state index is 9.61. The number of pyridine rings is 1. The van der Waals surface area contributed by atoms with Gasteiger partial charge in [0, 0.05) is 24.1 Å². The lowest BCUT2D eigenvalue weighted by Crippen LogP contribution is -2.02. The van der Waals surface area contributed by atoms with Gasteiger partial charge in [-0.05, 0) is 84.8 Å². The van der Waals surface area contributed by atoms with Crippen molar-refractivity contribution >= 4 is 0 Å². The highest BCUT2D eigenvalue weighted by atomic mass is 16.5. The zero-order valence-corrected chi connectivity index (χ0v) is 17.2. The molecule has 1 heterocycles. The topological polar surface area (TPSA) is 51.6 Å². The number of ether oxygens (including phenoxy) is 2. The molecular weight excluding hydrogens is 350 g/mol. The van der Waals surface area contributed by atoms with Crippen molar-refractivity contribution in [2.75, 3.05) is 20.8 Å². The van der Waals surface area contributed by atoms with Gasteiger partial charge in [0.2, 0.25) is 0 Å². The number of aryl methyl sites for hydroxylation is 3. The van der Waals surface area contributed by atoms with Gasteiger partial charge in [-0.2, -0.15) is 0 Å². The van der Waals surface area contributed by atoms with E-state index in [1.165, 1.54) is 0 Å². The third-order valence-corrected chi connectivity index (χ3v) is 5.10. The van der Waals surface area contributed by atoms with Gasteiger partial charge in [0.05, 0.1) is 14.2 Å². The molecule has 0 fully saturated rings. The van der Waals surface area contributed by atoms with Gasteiger partial charge < -0.3 is 14.6 Å². The quantitative estimate of drug-likeness (QED) is 0.664. The van der Waals surface area contributed by atoms with Crippen LogP contribution in [-0.4, -0.2) is 30.9 Å². The fraction of sp³-hybridized carbons (Fsp3) is 0.292. The summed E-state index contributed by atoms with van der Waals surface area (Å²) in [4.78, 5) is 4.62. The summed E-state index contributed by atoms with van der Waals surface area (Å²) in [5.41, 5.74) is 8.50. The standard InChI is InChI=1S/C24H27NO3/c1-15-12-18(6-8-21(15)27-4)23-17(3)25-14-20(10-11-26)24(23)19-7-9-22(28-5)16(2)13-19/h6-9,12-14,26H,10-11H2,1-5H3. The summed E-state index contributed by atoms with van der Waals surface area (Å²) in [7, 11) is 3.36. The molecule has 0 amide bonds. The molecule has 1 N–H and O–H groups in total. The Bertz CT molecular complexity index is 995. The molecule has 28 heavy (non-hydrogen) atoms. The van der Waals surface area contributed by atoms with E-state index >= 15 is 0 Å². The molecule has 3 aromatic rings. The van der Waals surface area contributed by atoms with Crippen LogP contribution < -0.4 is 9.47 Å². The Balaban J connectivity index is 2.29. The van der Waals surface area contributed by atoms with Crippen molar-refractivity contribution in [2.45, 2.75) is 27.2 Å². The summed E-state index contributed by atoms with van der Waals surface area (Å²) < 4.78 is 10.8. The molecule has 0 atom stereocenters. The fourth-order valence-electron chi connectivity index (χ4n) is 3.71. The molecule has 3 rings (SSSR count). The second-order valence-corrected chi connectivity index (χ2v) is 6.96. The fourth-order valence-corrected chi connectivity index (χ4v) is 3.71. The van der Waals surface area contributed by atoms with Gasteiger partial charge in [0.15, 0.2) is 0 Å². The molecule has 0 aliphatic heterocycles. The number of aliphatic hydroxyl groups excluding tert-OH is 1. The lowest BCUT2D eigenvalue weighted by atomic mass is 9.88. The van der Waals surface area contributed by atoms with Gasteiger partial charge in [0.1, 0.15) is 11.5 Å². The summed E-state index contributed by atoms with van der Waals surface area (Å²) >= 11 is 0. The second-order valence-electron chi connectivity index (χ2n) is 6.96. The summed E-state index contributed by atoms with van der Waals surface area (Å²) in [6.07, 6.45) is 2.43. The number of hydrogen-bond donors (Lipinski definition) is 1. The summed E-state index contributed by atoms with van der Waals surface area (Å²) in [6, 6.07) is 12.4. The number of rotatable bonds is 6. The SMILES string of the molecule is COc1ccc(-c2c(CCO)cnc(C)c2-c2ccc(OC)c(C)c2)cc1C. The molecule has 0 radical (unpaired) electrons. The average molecular weight is 377 g/mol. The van der Waals surface area contributed by atoms with E-state index in [-0.39, 0.29) is 6.61 Å². The van der Waals surface area contributed by atoms with Gasteiger partial charge in [-0.25, -0.2) is 0 Å². The van der Waals surface area contributed by atoms with Crippen molar-refractivity contribution in [2.24, 2.45) is 0 Å². The van der Waals surface area contributed by atoms with Crippen molar-refractivity contribution in [1.29, 1.82) is 0 Å². The van der Waals surface area contributed by atoms with Crippen molar-refractivity contribution in [3.63, 3.8) is 0 Å². The van der Waals surface area contributed by atoms with Crippen molar-refractivity contribution in [3.05, 3.63) is 65.0 Å². The minimum atomic E-state index is 0.0773. The van der Waals surface area contributed by atoms with Gasteiger partial charge in [-0.1, -0.05) is 12.1 Å². The summed E-state index contributed by atoms with van der Waals surface area (Å²) in [5, 5.41) is 9.61. The lowest BCUT2D eigenvalue weighted by molar-refractivity contribution is 0.299. The second kappa shape index (κ2) is 8.44. The van der Waals surface area contributed by atoms with Crippen LogP contribution in [0.5, 0.6) is 11.5 Å². The maximum Gasteiger partial charge on any atom is 0.121 e. The zero-order chi connectivity index (χ0) is 20.3. The predicted molar refractivity (Wildman–Crippen MR) is 113 cm³/mol. The Kier molecular flexibility index (Phi) is 6.00. The van der Waals surface area contributed by atoms with E-state index in [0.29, 0.717) is 6.42 Å².